The number of imidazole rings is 1. The van der Waals surface area contributed by atoms with Gasteiger partial charge in [0, 0.05) is 39.5 Å². The minimum atomic E-state index is 0.744. The van der Waals surface area contributed by atoms with Crippen molar-refractivity contribution in [3.63, 3.8) is 0 Å². The third-order valence-corrected chi connectivity index (χ3v) is 3.23. The second-order valence-electron chi connectivity index (χ2n) is 4.68. The third-order valence-electron chi connectivity index (χ3n) is 3.23. The van der Waals surface area contributed by atoms with Crippen LogP contribution in [0.15, 0.2) is 12.5 Å². The zero-order valence-electron chi connectivity index (χ0n) is 12.6. The molecule has 0 unspecified atom stereocenters. The summed E-state index contributed by atoms with van der Waals surface area (Å²) in [6.07, 6.45) is 5.08. The quantitative estimate of drug-likeness (QED) is 0.615. The van der Waals surface area contributed by atoms with Crippen LogP contribution < -0.4 is 5.32 Å². The lowest BCUT2D eigenvalue weighted by atomic mass is 10.4. The number of ether oxygens (including phenoxy) is 1. The zero-order valence-corrected chi connectivity index (χ0v) is 12.6. The molecule has 19 heavy (non-hydrogen) atoms. The predicted molar refractivity (Wildman–Crippen MR) is 78.2 cm³/mol. The lowest BCUT2D eigenvalue weighted by molar-refractivity contribution is 0.199. The number of aromatic nitrogens is 2. The van der Waals surface area contributed by atoms with Gasteiger partial charge in [0.25, 0.3) is 0 Å². The van der Waals surface area contributed by atoms with Gasteiger partial charge in [0.1, 0.15) is 0 Å². The van der Waals surface area contributed by atoms with Crippen LogP contribution in [0, 0.1) is 0 Å². The monoisotopic (exact) mass is 268 g/mol. The first kappa shape index (κ1) is 16.1. The van der Waals surface area contributed by atoms with Gasteiger partial charge in [0.2, 0.25) is 0 Å². The van der Waals surface area contributed by atoms with Gasteiger partial charge in [0.05, 0.1) is 18.6 Å². The van der Waals surface area contributed by atoms with E-state index in [0.717, 1.165) is 39.3 Å². The minimum Gasteiger partial charge on any atom is -0.383 e. The van der Waals surface area contributed by atoms with Gasteiger partial charge in [-0.1, -0.05) is 13.8 Å². The fourth-order valence-electron chi connectivity index (χ4n) is 2.08. The van der Waals surface area contributed by atoms with Crippen molar-refractivity contribution in [2.75, 3.05) is 39.9 Å². The first-order chi connectivity index (χ1) is 9.31. The fraction of sp³-hybridized carbons (Fsp3) is 0.786. The van der Waals surface area contributed by atoms with E-state index in [-0.39, 0.29) is 0 Å². The summed E-state index contributed by atoms with van der Waals surface area (Å²) in [7, 11) is 1.72. The van der Waals surface area contributed by atoms with Crippen LogP contribution in [0.2, 0.25) is 0 Å². The van der Waals surface area contributed by atoms with E-state index in [2.05, 4.69) is 33.6 Å². The van der Waals surface area contributed by atoms with Crippen molar-refractivity contribution in [2.45, 2.75) is 33.4 Å². The van der Waals surface area contributed by atoms with Crippen LogP contribution in [-0.2, 0) is 17.8 Å². The second-order valence-corrected chi connectivity index (χ2v) is 4.68. The van der Waals surface area contributed by atoms with Crippen molar-refractivity contribution < 1.29 is 4.74 Å². The molecule has 0 fully saturated rings. The average Bonchev–Trinajstić information content (AvgIpc) is 2.87. The standard InChI is InChI=1S/C14H28N4O/c1-4-7-17(5-2)8-9-18-13-16-12-14(18)11-15-6-10-19-3/h12-13,15H,4-11H2,1-3H3. The Balaban J connectivity index is 2.35. The van der Waals surface area contributed by atoms with Crippen LogP contribution in [0.1, 0.15) is 26.0 Å². The molecular weight excluding hydrogens is 240 g/mol. The van der Waals surface area contributed by atoms with Gasteiger partial charge >= 0.3 is 0 Å². The molecule has 0 radical (unpaired) electrons. The number of rotatable bonds is 11. The third kappa shape index (κ3) is 6.18. The molecule has 0 aliphatic rings. The van der Waals surface area contributed by atoms with E-state index in [1.54, 1.807) is 7.11 Å². The molecule has 110 valence electrons. The summed E-state index contributed by atoms with van der Waals surface area (Å²) in [6.45, 7) is 11.3. The van der Waals surface area contributed by atoms with E-state index in [1.807, 2.05) is 12.5 Å². The number of likely N-dealkylation sites (N-methyl/N-ethyl adjacent to an activating group) is 1. The minimum absolute atomic E-state index is 0.744. The van der Waals surface area contributed by atoms with Crippen molar-refractivity contribution in [2.24, 2.45) is 0 Å². The maximum absolute atomic E-state index is 5.02. The summed E-state index contributed by atoms with van der Waals surface area (Å²) in [4.78, 5) is 6.72. The molecule has 1 aromatic heterocycles. The summed E-state index contributed by atoms with van der Waals surface area (Å²) < 4.78 is 7.25. The molecule has 0 aliphatic carbocycles. The molecule has 5 heteroatoms. The van der Waals surface area contributed by atoms with Gasteiger partial charge in [-0.25, -0.2) is 4.98 Å². The molecule has 0 amide bonds. The van der Waals surface area contributed by atoms with E-state index in [9.17, 15) is 0 Å². The van der Waals surface area contributed by atoms with Crippen molar-refractivity contribution in [1.82, 2.24) is 19.8 Å². The Morgan fingerprint density at radius 2 is 2.21 bits per heavy atom. The SMILES string of the molecule is CCCN(CC)CCn1cncc1CNCCOC. The normalized spacial score (nSPS) is 11.4. The van der Waals surface area contributed by atoms with Crippen molar-refractivity contribution in [3.8, 4) is 0 Å². The van der Waals surface area contributed by atoms with Crippen molar-refractivity contribution >= 4 is 0 Å². The van der Waals surface area contributed by atoms with E-state index in [4.69, 9.17) is 4.74 Å². The first-order valence-electron chi connectivity index (χ1n) is 7.22. The van der Waals surface area contributed by atoms with Gasteiger partial charge in [0.15, 0.2) is 0 Å². The largest absolute Gasteiger partial charge is 0.383 e. The molecule has 1 heterocycles. The van der Waals surface area contributed by atoms with Gasteiger partial charge < -0.3 is 19.5 Å². The molecule has 0 bridgehead atoms. The van der Waals surface area contributed by atoms with Gasteiger partial charge in [-0.05, 0) is 19.5 Å². The van der Waals surface area contributed by atoms with Crippen molar-refractivity contribution in [3.05, 3.63) is 18.2 Å². The summed E-state index contributed by atoms with van der Waals surface area (Å²) in [5.74, 6) is 0. The predicted octanol–water partition coefficient (Wildman–Crippen LogP) is 1.35. The first-order valence-corrected chi connectivity index (χ1v) is 7.22. The molecule has 0 aliphatic heterocycles. The molecule has 0 saturated carbocycles. The molecule has 0 aromatic carbocycles. The van der Waals surface area contributed by atoms with E-state index in [1.165, 1.54) is 18.7 Å². The summed E-state index contributed by atoms with van der Waals surface area (Å²) in [5.41, 5.74) is 1.24. The summed E-state index contributed by atoms with van der Waals surface area (Å²) >= 11 is 0. The van der Waals surface area contributed by atoms with Gasteiger partial charge in [-0.3, -0.25) is 0 Å². The molecule has 0 saturated heterocycles. The molecule has 0 atom stereocenters. The van der Waals surface area contributed by atoms with Gasteiger partial charge in [-0.2, -0.15) is 0 Å². The molecule has 5 nitrogen and oxygen atoms in total. The smallest absolute Gasteiger partial charge is 0.0949 e. The highest BCUT2D eigenvalue weighted by Gasteiger charge is 2.04. The number of methoxy groups -OCH3 is 1. The number of hydrogen-bond acceptors (Lipinski definition) is 4. The fourth-order valence-corrected chi connectivity index (χ4v) is 2.08. The maximum Gasteiger partial charge on any atom is 0.0949 e. The summed E-state index contributed by atoms with van der Waals surface area (Å²) in [5, 5.41) is 3.36. The van der Waals surface area contributed by atoms with E-state index in [0.29, 0.717) is 0 Å². The van der Waals surface area contributed by atoms with Crippen LogP contribution in [0.3, 0.4) is 0 Å². The Morgan fingerprint density at radius 3 is 2.89 bits per heavy atom. The number of nitrogens with one attached hydrogen (secondary N) is 1. The van der Waals surface area contributed by atoms with E-state index >= 15 is 0 Å². The van der Waals surface area contributed by atoms with Gasteiger partial charge in [-0.15, -0.1) is 0 Å². The lowest BCUT2D eigenvalue weighted by Crippen LogP contribution is -2.29. The Morgan fingerprint density at radius 1 is 1.37 bits per heavy atom. The Hall–Kier alpha value is -0.910. The number of nitrogens with zero attached hydrogens (tertiary/aromatic N) is 3. The molecule has 0 spiro atoms. The van der Waals surface area contributed by atoms with Crippen LogP contribution in [0.5, 0.6) is 0 Å². The van der Waals surface area contributed by atoms with Crippen LogP contribution in [0.4, 0.5) is 0 Å². The van der Waals surface area contributed by atoms with Crippen LogP contribution in [0.25, 0.3) is 0 Å². The highest BCUT2D eigenvalue weighted by Crippen LogP contribution is 2.00. The summed E-state index contributed by atoms with van der Waals surface area (Å²) in [6, 6.07) is 0. The number of hydrogen-bond donors (Lipinski definition) is 1. The highest BCUT2D eigenvalue weighted by molar-refractivity contribution is 4.97. The van der Waals surface area contributed by atoms with Crippen LogP contribution >= 0.6 is 0 Å². The second kappa shape index (κ2) is 9.95. The zero-order chi connectivity index (χ0) is 13.9. The molecule has 1 aromatic rings. The van der Waals surface area contributed by atoms with E-state index < -0.39 is 0 Å². The Kier molecular flexibility index (Phi) is 8.45. The topological polar surface area (TPSA) is 42.3 Å². The Labute approximate surface area is 117 Å². The maximum atomic E-state index is 5.02. The highest BCUT2D eigenvalue weighted by atomic mass is 16.5. The van der Waals surface area contributed by atoms with Crippen LogP contribution in [-0.4, -0.2) is 54.3 Å². The lowest BCUT2D eigenvalue weighted by Gasteiger charge is -2.20. The Bertz CT molecular complexity index is 327. The van der Waals surface area contributed by atoms with Crippen molar-refractivity contribution in [1.29, 1.82) is 0 Å². The molecule has 1 rings (SSSR count). The molecular formula is C14H28N4O. The molecule has 1 N–H and O–H groups in total. The average molecular weight is 268 g/mol.